The Morgan fingerprint density at radius 2 is 1.85 bits per heavy atom. The number of ether oxygens (including phenoxy) is 1. The van der Waals surface area contributed by atoms with Crippen LogP contribution in [0.1, 0.15) is 35.2 Å². The van der Waals surface area contributed by atoms with Gasteiger partial charge >= 0.3 is 0 Å². The fourth-order valence-corrected chi connectivity index (χ4v) is 2.39. The van der Waals surface area contributed by atoms with Gasteiger partial charge in [-0.1, -0.05) is 48.9 Å². The number of ketones is 1. The molecule has 0 saturated heterocycles. The first-order valence-electron chi connectivity index (χ1n) is 7.14. The van der Waals surface area contributed by atoms with Crippen molar-refractivity contribution >= 4 is 5.78 Å². The van der Waals surface area contributed by atoms with E-state index in [1.54, 1.807) is 0 Å². The van der Waals surface area contributed by atoms with Gasteiger partial charge in [-0.2, -0.15) is 0 Å². The van der Waals surface area contributed by atoms with Crippen molar-refractivity contribution in [1.82, 2.24) is 0 Å². The van der Waals surface area contributed by atoms with E-state index in [-0.39, 0.29) is 11.7 Å². The van der Waals surface area contributed by atoms with Crippen LogP contribution in [0.2, 0.25) is 0 Å². The maximum atomic E-state index is 12.2. The van der Waals surface area contributed by atoms with E-state index in [4.69, 9.17) is 4.74 Å². The van der Waals surface area contributed by atoms with Crippen molar-refractivity contribution in [3.63, 3.8) is 0 Å². The number of hydrogen-bond acceptors (Lipinski definition) is 2. The van der Waals surface area contributed by atoms with E-state index < -0.39 is 0 Å². The Morgan fingerprint density at radius 1 is 1.05 bits per heavy atom. The van der Waals surface area contributed by atoms with E-state index in [0.717, 1.165) is 29.7 Å². The van der Waals surface area contributed by atoms with Crippen molar-refractivity contribution in [2.24, 2.45) is 5.92 Å². The molecule has 0 radical (unpaired) electrons. The standard InChI is InChI=1S/C18H18O2/c19-18(15-8-4-9-15)16-10-5-11-17(12-16)20-13-14-6-2-1-3-7-14/h1-3,5-7,10-12,15H,4,8-9,13H2. The highest BCUT2D eigenvalue weighted by Gasteiger charge is 2.26. The molecule has 2 heteroatoms. The largest absolute Gasteiger partial charge is 0.489 e. The van der Waals surface area contributed by atoms with E-state index in [0.29, 0.717) is 6.61 Å². The first kappa shape index (κ1) is 12.9. The molecule has 1 saturated carbocycles. The van der Waals surface area contributed by atoms with Crippen molar-refractivity contribution in [1.29, 1.82) is 0 Å². The molecule has 0 unspecified atom stereocenters. The minimum atomic E-state index is 0.236. The van der Waals surface area contributed by atoms with Gasteiger partial charge in [0.2, 0.25) is 0 Å². The lowest BCUT2D eigenvalue weighted by Gasteiger charge is -2.23. The van der Waals surface area contributed by atoms with Crippen LogP contribution in [0.15, 0.2) is 54.6 Å². The van der Waals surface area contributed by atoms with E-state index >= 15 is 0 Å². The van der Waals surface area contributed by atoms with Crippen molar-refractivity contribution in [2.45, 2.75) is 25.9 Å². The molecule has 0 aliphatic heterocycles. The van der Waals surface area contributed by atoms with Gasteiger partial charge in [-0.05, 0) is 30.5 Å². The van der Waals surface area contributed by atoms with Crippen molar-refractivity contribution in [3.8, 4) is 5.75 Å². The third-order valence-corrected chi connectivity index (χ3v) is 3.84. The summed E-state index contributed by atoms with van der Waals surface area (Å²) in [4.78, 5) is 12.2. The maximum Gasteiger partial charge on any atom is 0.166 e. The SMILES string of the molecule is O=C(c1cccc(OCc2ccccc2)c1)C1CCC1. The van der Waals surface area contributed by atoms with E-state index in [2.05, 4.69) is 0 Å². The third kappa shape index (κ3) is 2.90. The minimum Gasteiger partial charge on any atom is -0.489 e. The second-order valence-electron chi connectivity index (χ2n) is 5.29. The first-order chi connectivity index (χ1) is 9.83. The summed E-state index contributed by atoms with van der Waals surface area (Å²) in [5.41, 5.74) is 1.91. The molecule has 1 aliphatic carbocycles. The summed E-state index contributed by atoms with van der Waals surface area (Å²) in [6, 6.07) is 17.6. The number of carbonyl (C=O) groups is 1. The molecule has 0 heterocycles. The molecule has 102 valence electrons. The number of hydrogen-bond donors (Lipinski definition) is 0. The molecule has 1 aliphatic rings. The Hall–Kier alpha value is -2.09. The highest BCUT2D eigenvalue weighted by atomic mass is 16.5. The number of Topliss-reactive ketones (excluding diaryl/α,β-unsaturated/α-hetero) is 1. The molecule has 20 heavy (non-hydrogen) atoms. The Labute approximate surface area is 119 Å². The fraction of sp³-hybridized carbons (Fsp3) is 0.278. The zero-order chi connectivity index (χ0) is 13.8. The van der Waals surface area contributed by atoms with Gasteiger partial charge in [0.25, 0.3) is 0 Å². The van der Waals surface area contributed by atoms with Crippen LogP contribution >= 0.6 is 0 Å². The molecule has 3 rings (SSSR count). The Morgan fingerprint density at radius 3 is 2.55 bits per heavy atom. The maximum absolute atomic E-state index is 12.2. The van der Waals surface area contributed by atoms with Gasteiger partial charge in [0.1, 0.15) is 12.4 Å². The van der Waals surface area contributed by atoms with Crippen LogP contribution in [0.4, 0.5) is 0 Å². The summed E-state index contributed by atoms with van der Waals surface area (Å²) >= 11 is 0. The lowest BCUT2D eigenvalue weighted by Crippen LogP contribution is -2.21. The molecule has 0 atom stereocenters. The summed E-state index contributed by atoms with van der Waals surface area (Å²) in [6.45, 7) is 0.530. The summed E-state index contributed by atoms with van der Waals surface area (Å²) in [5.74, 6) is 1.26. The van der Waals surface area contributed by atoms with Crippen LogP contribution in [0, 0.1) is 5.92 Å². The quantitative estimate of drug-likeness (QED) is 0.756. The molecule has 0 bridgehead atoms. The molecule has 0 spiro atoms. The van der Waals surface area contributed by atoms with Crippen molar-refractivity contribution in [3.05, 3.63) is 65.7 Å². The summed E-state index contributed by atoms with van der Waals surface area (Å²) < 4.78 is 5.76. The summed E-state index contributed by atoms with van der Waals surface area (Å²) in [6.07, 6.45) is 3.25. The van der Waals surface area contributed by atoms with Crippen LogP contribution in [0.25, 0.3) is 0 Å². The number of benzene rings is 2. The fourth-order valence-electron chi connectivity index (χ4n) is 2.39. The molecule has 2 nitrogen and oxygen atoms in total. The van der Waals surface area contributed by atoms with Crippen LogP contribution in [0.5, 0.6) is 5.75 Å². The average Bonchev–Trinajstić information content (AvgIpc) is 2.45. The second-order valence-corrected chi connectivity index (χ2v) is 5.29. The van der Waals surface area contributed by atoms with E-state index in [1.165, 1.54) is 6.42 Å². The van der Waals surface area contributed by atoms with Crippen molar-refractivity contribution in [2.75, 3.05) is 0 Å². The number of carbonyl (C=O) groups excluding carboxylic acids is 1. The van der Waals surface area contributed by atoms with Gasteiger partial charge in [0.15, 0.2) is 5.78 Å². The Bertz CT molecular complexity index is 585. The second kappa shape index (κ2) is 5.91. The molecule has 0 N–H and O–H groups in total. The van der Waals surface area contributed by atoms with Gasteiger partial charge in [-0.3, -0.25) is 4.79 Å². The van der Waals surface area contributed by atoms with Crippen LogP contribution in [-0.2, 0) is 6.61 Å². The molecule has 2 aromatic rings. The average molecular weight is 266 g/mol. The van der Waals surface area contributed by atoms with Gasteiger partial charge in [0.05, 0.1) is 0 Å². The minimum absolute atomic E-state index is 0.236. The lowest BCUT2D eigenvalue weighted by molar-refractivity contribution is 0.0854. The lowest BCUT2D eigenvalue weighted by atomic mass is 9.80. The van der Waals surface area contributed by atoms with Crippen LogP contribution in [0.3, 0.4) is 0 Å². The van der Waals surface area contributed by atoms with Gasteiger partial charge in [-0.25, -0.2) is 0 Å². The highest BCUT2D eigenvalue weighted by Crippen LogP contribution is 2.30. The van der Waals surface area contributed by atoms with Crippen LogP contribution < -0.4 is 4.74 Å². The zero-order valence-electron chi connectivity index (χ0n) is 11.4. The normalized spacial score (nSPS) is 14.6. The monoisotopic (exact) mass is 266 g/mol. The van der Waals surface area contributed by atoms with Gasteiger partial charge < -0.3 is 4.74 Å². The molecule has 0 amide bonds. The zero-order valence-corrected chi connectivity index (χ0v) is 11.4. The molecular formula is C18H18O2. The van der Waals surface area contributed by atoms with Gasteiger partial charge in [0, 0.05) is 11.5 Å². The highest BCUT2D eigenvalue weighted by molar-refractivity contribution is 5.98. The summed E-state index contributed by atoms with van der Waals surface area (Å²) in [5, 5.41) is 0. The van der Waals surface area contributed by atoms with E-state index in [1.807, 2.05) is 54.6 Å². The Kier molecular flexibility index (Phi) is 3.82. The third-order valence-electron chi connectivity index (χ3n) is 3.84. The topological polar surface area (TPSA) is 26.3 Å². The van der Waals surface area contributed by atoms with Crippen molar-refractivity contribution < 1.29 is 9.53 Å². The predicted molar refractivity (Wildman–Crippen MR) is 78.9 cm³/mol. The molecule has 2 aromatic carbocycles. The van der Waals surface area contributed by atoms with Crippen LogP contribution in [-0.4, -0.2) is 5.78 Å². The molecule has 0 aromatic heterocycles. The molecular weight excluding hydrogens is 248 g/mol. The first-order valence-corrected chi connectivity index (χ1v) is 7.14. The Balaban J connectivity index is 1.66. The predicted octanol–water partition coefficient (Wildman–Crippen LogP) is 4.25. The van der Waals surface area contributed by atoms with E-state index in [9.17, 15) is 4.79 Å². The number of rotatable bonds is 5. The summed E-state index contributed by atoms with van der Waals surface area (Å²) in [7, 11) is 0. The smallest absolute Gasteiger partial charge is 0.166 e. The molecule has 1 fully saturated rings. The van der Waals surface area contributed by atoms with Gasteiger partial charge in [-0.15, -0.1) is 0 Å².